The van der Waals surface area contributed by atoms with Gasteiger partial charge in [-0.05, 0) is 29.8 Å². The van der Waals surface area contributed by atoms with Gasteiger partial charge in [-0.3, -0.25) is 0 Å². The molecule has 0 bridgehead atoms. The predicted octanol–water partition coefficient (Wildman–Crippen LogP) is 3.15. The summed E-state index contributed by atoms with van der Waals surface area (Å²) in [5, 5.41) is 8.85. The number of methoxy groups -OCH3 is 1. The molecule has 0 fully saturated rings. The minimum absolute atomic E-state index is 0.130. The Labute approximate surface area is 121 Å². The van der Waals surface area contributed by atoms with Gasteiger partial charge in [-0.1, -0.05) is 12.1 Å². The topological polar surface area (TPSA) is 55.8 Å². The third kappa shape index (κ3) is 4.21. The molecule has 21 heavy (non-hydrogen) atoms. The first-order valence-electron chi connectivity index (χ1n) is 6.38. The number of benzene rings is 2. The van der Waals surface area contributed by atoms with E-state index < -0.39 is 11.8 Å². The van der Waals surface area contributed by atoms with Gasteiger partial charge in [0.1, 0.15) is 17.3 Å². The number of halogens is 1. The second-order valence-corrected chi connectivity index (χ2v) is 4.43. The lowest BCUT2D eigenvalue weighted by molar-refractivity contribution is 0.0695. The van der Waals surface area contributed by atoms with Crippen molar-refractivity contribution in [3.63, 3.8) is 0 Å². The SMILES string of the molecule is COc1ccc(CCOc2cc(F)cc(C(=O)O)c2)cc1. The van der Waals surface area contributed by atoms with Crippen molar-refractivity contribution in [3.05, 3.63) is 59.4 Å². The monoisotopic (exact) mass is 290 g/mol. The van der Waals surface area contributed by atoms with E-state index in [-0.39, 0.29) is 11.3 Å². The summed E-state index contributed by atoms with van der Waals surface area (Å²) in [6, 6.07) is 10.9. The summed E-state index contributed by atoms with van der Waals surface area (Å²) >= 11 is 0. The molecule has 0 unspecified atom stereocenters. The van der Waals surface area contributed by atoms with Crippen LogP contribution in [0.3, 0.4) is 0 Å². The predicted molar refractivity (Wildman–Crippen MR) is 75.6 cm³/mol. The zero-order valence-corrected chi connectivity index (χ0v) is 11.5. The molecule has 0 amide bonds. The lowest BCUT2D eigenvalue weighted by Crippen LogP contribution is -2.04. The van der Waals surface area contributed by atoms with Gasteiger partial charge in [0.2, 0.25) is 0 Å². The quantitative estimate of drug-likeness (QED) is 0.888. The molecule has 0 saturated carbocycles. The zero-order chi connectivity index (χ0) is 15.2. The first kappa shape index (κ1) is 14.8. The van der Waals surface area contributed by atoms with Crippen molar-refractivity contribution in [2.45, 2.75) is 6.42 Å². The Morgan fingerprint density at radius 2 is 1.86 bits per heavy atom. The van der Waals surface area contributed by atoms with E-state index in [1.54, 1.807) is 7.11 Å². The van der Waals surface area contributed by atoms with Gasteiger partial charge >= 0.3 is 5.97 Å². The van der Waals surface area contributed by atoms with Crippen LogP contribution in [0.2, 0.25) is 0 Å². The smallest absolute Gasteiger partial charge is 0.335 e. The van der Waals surface area contributed by atoms with E-state index in [0.717, 1.165) is 17.4 Å². The van der Waals surface area contributed by atoms with Crippen LogP contribution in [0.5, 0.6) is 11.5 Å². The third-order valence-corrected chi connectivity index (χ3v) is 2.94. The second-order valence-electron chi connectivity index (χ2n) is 4.43. The summed E-state index contributed by atoms with van der Waals surface area (Å²) < 4.78 is 23.7. The number of carboxylic acid groups (broad SMARTS) is 1. The highest BCUT2D eigenvalue weighted by Crippen LogP contribution is 2.17. The Morgan fingerprint density at radius 3 is 2.48 bits per heavy atom. The van der Waals surface area contributed by atoms with Crippen LogP contribution in [0, 0.1) is 5.82 Å². The molecular formula is C16H15FO4. The molecule has 0 aromatic heterocycles. The number of rotatable bonds is 6. The largest absolute Gasteiger partial charge is 0.497 e. The second kappa shape index (κ2) is 6.74. The molecule has 2 rings (SSSR count). The molecule has 0 aliphatic rings. The maximum atomic E-state index is 13.3. The van der Waals surface area contributed by atoms with Crippen LogP contribution in [-0.2, 0) is 6.42 Å². The molecule has 0 aliphatic carbocycles. The molecule has 1 N–H and O–H groups in total. The summed E-state index contributed by atoms with van der Waals surface area (Å²) in [6.45, 7) is 0.328. The number of hydrogen-bond acceptors (Lipinski definition) is 3. The van der Waals surface area contributed by atoms with Crippen LogP contribution in [0.15, 0.2) is 42.5 Å². The van der Waals surface area contributed by atoms with Gasteiger partial charge in [0, 0.05) is 12.5 Å². The first-order chi connectivity index (χ1) is 10.1. The summed E-state index contributed by atoms with van der Waals surface area (Å²) in [5.74, 6) is -0.833. The number of carbonyl (C=O) groups is 1. The van der Waals surface area contributed by atoms with E-state index >= 15 is 0 Å². The molecule has 0 saturated heterocycles. The molecule has 0 heterocycles. The van der Waals surface area contributed by atoms with Crippen molar-refractivity contribution < 1.29 is 23.8 Å². The first-order valence-corrected chi connectivity index (χ1v) is 6.38. The van der Waals surface area contributed by atoms with E-state index in [1.807, 2.05) is 24.3 Å². The number of hydrogen-bond donors (Lipinski definition) is 1. The Hall–Kier alpha value is -2.56. The van der Waals surface area contributed by atoms with Crippen LogP contribution < -0.4 is 9.47 Å². The molecule has 0 spiro atoms. The Morgan fingerprint density at radius 1 is 1.14 bits per heavy atom. The lowest BCUT2D eigenvalue weighted by Gasteiger charge is -2.08. The molecule has 0 radical (unpaired) electrons. The lowest BCUT2D eigenvalue weighted by atomic mass is 10.1. The minimum Gasteiger partial charge on any atom is -0.497 e. The Balaban J connectivity index is 1.95. The van der Waals surface area contributed by atoms with Gasteiger partial charge in [0.15, 0.2) is 0 Å². The van der Waals surface area contributed by atoms with Crippen LogP contribution >= 0.6 is 0 Å². The van der Waals surface area contributed by atoms with Gasteiger partial charge < -0.3 is 14.6 Å². The molecule has 2 aromatic carbocycles. The van der Waals surface area contributed by atoms with Crippen LogP contribution in [0.25, 0.3) is 0 Å². The molecule has 5 heteroatoms. The highest BCUT2D eigenvalue weighted by atomic mass is 19.1. The fourth-order valence-corrected chi connectivity index (χ4v) is 1.85. The third-order valence-electron chi connectivity index (χ3n) is 2.94. The van der Waals surface area contributed by atoms with Crippen molar-refractivity contribution in [1.82, 2.24) is 0 Å². The van der Waals surface area contributed by atoms with E-state index in [4.69, 9.17) is 14.6 Å². The van der Waals surface area contributed by atoms with E-state index in [1.165, 1.54) is 12.1 Å². The fraction of sp³-hybridized carbons (Fsp3) is 0.188. The Bertz CT molecular complexity index is 623. The van der Waals surface area contributed by atoms with Crippen molar-refractivity contribution in [3.8, 4) is 11.5 Å². The van der Waals surface area contributed by atoms with Crippen molar-refractivity contribution in [2.75, 3.05) is 13.7 Å². The van der Waals surface area contributed by atoms with Crippen LogP contribution in [-0.4, -0.2) is 24.8 Å². The van der Waals surface area contributed by atoms with Crippen LogP contribution in [0.4, 0.5) is 4.39 Å². The average Bonchev–Trinajstić information content (AvgIpc) is 2.47. The van der Waals surface area contributed by atoms with E-state index in [0.29, 0.717) is 13.0 Å². The highest BCUT2D eigenvalue weighted by Gasteiger charge is 2.07. The number of carboxylic acids is 1. The number of ether oxygens (including phenoxy) is 2. The van der Waals surface area contributed by atoms with Crippen molar-refractivity contribution >= 4 is 5.97 Å². The van der Waals surface area contributed by atoms with E-state index in [9.17, 15) is 9.18 Å². The van der Waals surface area contributed by atoms with E-state index in [2.05, 4.69) is 0 Å². The summed E-state index contributed by atoms with van der Waals surface area (Å²) in [5.41, 5.74) is 0.917. The zero-order valence-electron chi connectivity index (χ0n) is 11.5. The van der Waals surface area contributed by atoms with Crippen molar-refractivity contribution in [2.24, 2.45) is 0 Å². The minimum atomic E-state index is -1.19. The standard InChI is InChI=1S/C16H15FO4/c1-20-14-4-2-11(3-5-14)6-7-21-15-9-12(16(18)19)8-13(17)10-15/h2-5,8-10H,6-7H2,1H3,(H,18,19). The van der Waals surface area contributed by atoms with Gasteiger partial charge in [0.05, 0.1) is 19.3 Å². The molecular weight excluding hydrogens is 275 g/mol. The van der Waals surface area contributed by atoms with Crippen LogP contribution in [0.1, 0.15) is 15.9 Å². The molecule has 2 aromatic rings. The molecule has 0 atom stereocenters. The molecule has 4 nitrogen and oxygen atoms in total. The van der Waals surface area contributed by atoms with Gasteiger partial charge in [-0.15, -0.1) is 0 Å². The normalized spacial score (nSPS) is 10.2. The average molecular weight is 290 g/mol. The fourth-order valence-electron chi connectivity index (χ4n) is 1.85. The molecule has 0 aliphatic heterocycles. The molecule has 110 valence electrons. The summed E-state index contributed by atoms with van der Waals surface area (Å²) in [6.07, 6.45) is 0.628. The van der Waals surface area contributed by atoms with Gasteiger partial charge in [-0.25, -0.2) is 9.18 Å². The Kier molecular flexibility index (Phi) is 4.77. The highest BCUT2D eigenvalue weighted by molar-refractivity contribution is 5.88. The maximum absolute atomic E-state index is 13.3. The van der Waals surface area contributed by atoms with Gasteiger partial charge in [0.25, 0.3) is 0 Å². The number of aromatic carboxylic acids is 1. The maximum Gasteiger partial charge on any atom is 0.335 e. The summed E-state index contributed by atoms with van der Waals surface area (Å²) in [4.78, 5) is 10.8. The van der Waals surface area contributed by atoms with Crippen molar-refractivity contribution in [1.29, 1.82) is 0 Å². The van der Waals surface area contributed by atoms with Gasteiger partial charge in [-0.2, -0.15) is 0 Å². The summed E-state index contributed by atoms with van der Waals surface area (Å²) in [7, 11) is 1.60.